The van der Waals surface area contributed by atoms with Crippen molar-refractivity contribution in [2.24, 2.45) is 0 Å². The summed E-state index contributed by atoms with van der Waals surface area (Å²) in [5.41, 5.74) is 3.68. The molecule has 0 spiro atoms. The number of H-pyrrole nitrogens is 1. The first-order chi connectivity index (χ1) is 15.5. The van der Waals surface area contributed by atoms with Crippen LogP contribution in [0, 0.1) is 5.82 Å². The van der Waals surface area contributed by atoms with Crippen LogP contribution in [0.3, 0.4) is 0 Å². The lowest BCUT2D eigenvalue weighted by atomic mass is 10.1. The zero-order valence-electron chi connectivity index (χ0n) is 17.9. The Kier molecular flexibility index (Phi) is 6.49. The van der Waals surface area contributed by atoms with Gasteiger partial charge in [0.25, 0.3) is 5.91 Å². The van der Waals surface area contributed by atoms with E-state index in [0.717, 1.165) is 42.6 Å². The predicted molar refractivity (Wildman–Crippen MR) is 121 cm³/mol. The van der Waals surface area contributed by atoms with Crippen LogP contribution in [0.15, 0.2) is 54.6 Å². The summed E-state index contributed by atoms with van der Waals surface area (Å²) in [4.78, 5) is 26.4. The van der Waals surface area contributed by atoms with E-state index in [-0.39, 0.29) is 23.8 Å². The number of aromatic amines is 1. The van der Waals surface area contributed by atoms with Crippen molar-refractivity contribution < 1.29 is 14.0 Å². The maximum Gasteiger partial charge on any atom is 0.319 e. The number of halogens is 1. The number of urea groups is 1. The van der Waals surface area contributed by atoms with Crippen molar-refractivity contribution >= 4 is 17.6 Å². The summed E-state index contributed by atoms with van der Waals surface area (Å²) in [6.45, 7) is 0.573. The Labute approximate surface area is 186 Å². The number of rotatable bonds is 8. The largest absolute Gasteiger partial charge is 0.342 e. The van der Waals surface area contributed by atoms with E-state index in [0.29, 0.717) is 17.8 Å². The molecule has 3 amide bonds. The van der Waals surface area contributed by atoms with Crippen molar-refractivity contribution in [3.63, 3.8) is 0 Å². The maximum atomic E-state index is 13.1. The molecule has 1 aliphatic carbocycles. The molecule has 32 heavy (non-hydrogen) atoms. The smallest absolute Gasteiger partial charge is 0.319 e. The second-order valence-corrected chi connectivity index (χ2v) is 8.07. The number of benzene rings is 2. The molecule has 1 heterocycles. The Bertz CT molecular complexity index is 1090. The van der Waals surface area contributed by atoms with Gasteiger partial charge in [-0.3, -0.25) is 9.89 Å². The highest BCUT2D eigenvalue weighted by Gasteiger charge is 2.23. The minimum absolute atomic E-state index is 0.104. The molecule has 3 N–H and O–H groups in total. The van der Waals surface area contributed by atoms with Gasteiger partial charge in [0.1, 0.15) is 5.82 Å². The first kappa shape index (κ1) is 21.5. The van der Waals surface area contributed by atoms with Crippen LogP contribution in [0.2, 0.25) is 0 Å². The van der Waals surface area contributed by atoms with Gasteiger partial charge in [0.05, 0.1) is 5.69 Å². The van der Waals surface area contributed by atoms with Crippen molar-refractivity contribution in [3.05, 3.63) is 71.7 Å². The average molecular weight is 436 g/mol. The van der Waals surface area contributed by atoms with Crippen molar-refractivity contribution in [1.29, 1.82) is 0 Å². The Morgan fingerprint density at radius 2 is 1.94 bits per heavy atom. The van der Waals surface area contributed by atoms with Gasteiger partial charge in [0.15, 0.2) is 0 Å². The van der Waals surface area contributed by atoms with Crippen molar-refractivity contribution in [2.75, 3.05) is 18.9 Å². The molecule has 0 aliphatic heterocycles. The van der Waals surface area contributed by atoms with Crippen molar-refractivity contribution in [2.45, 2.75) is 31.7 Å². The van der Waals surface area contributed by atoms with Gasteiger partial charge in [-0.05, 0) is 74.2 Å². The number of hydrogen-bond acceptors (Lipinski definition) is 3. The van der Waals surface area contributed by atoms with Crippen molar-refractivity contribution in [3.8, 4) is 11.3 Å². The van der Waals surface area contributed by atoms with E-state index >= 15 is 0 Å². The lowest BCUT2D eigenvalue weighted by Crippen LogP contribution is -2.31. The van der Waals surface area contributed by atoms with Gasteiger partial charge in [0.2, 0.25) is 0 Å². The minimum Gasteiger partial charge on any atom is -0.342 e. The molecule has 3 aromatic rings. The third kappa shape index (κ3) is 5.72. The van der Waals surface area contributed by atoms with E-state index in [9.17, 15) is 14.0 Å². The molecule has 1 aromatic heterocycles. The van der Waals surface area contributed by atoms with Crippen LogP contribution < -0.4 is 10.6 Å². The molecular formula is C24H26FN5O2. The standard InChI is InChI=1S/C24H26FN5O2/c1-30(13-3-6-21-15-22(29-28-21)16-7-9-18(25)10-8-16)23(31)17-4-2-5-20(14-17)27-24(32)26-19-11-12-19/h2,4-5,7-10,14-15,19H,3,6,11-13H2,1H3,(H,28,29)(H2,26,27,32). The molecule has 8 heteroatoms. The van der Waals surface area contributed by atoms with Crippen LogP contribution in [0.25, 0.3) is 11.3 Å². The van der Waals surface area contributed by atoms with Gasteiger partial charge in [-0.2, -0.15) is 5.10 Å². The molecule has 1 fully saturated rings. The maximum absolute atomic E-state index is 13.1. The van der Waals surface area contributed by atoms with E-state index in [1.165, 1.54) is 12.1 Å². The molecule has 0 atom stereocenters. The summed E-state index contributed by atoms with van der Waals surface area (Å²) in [5, 5.41) is 12.9. The molecule has 0 unspecified atom stereocenters. The number of hydrogen-bond donors (Lipinski definition) is 3. The first-order valence-corrected chi connectivity index (χ1v) is 10.7. The number of carbonyl (C=O) groups is 2. The van der Waals surface area contributed by atoms with Crippen LogP contribution in [0.5, 0.6) is 0 Å². The highest BCUT2D eigenvalue weighted by Crippen LogP contribution is 2.20. The number of aromatic nitrogens is 2. The van der Waals surface area contributed by atoms with E-state index in [2.05, 4.69) is 20.8 Å². The molecule has 4 rings (SSSR count). The predicted octanol–water partition coefficient (Wildman–Crippen LogP) is 4.20. The Morgan fingerprint density at radius 1 is 1.16 bits per heavy atom. The van der Waals surface area contributed by atoms with Crippen LogP contribution in [0.1, 0.15) is 35.3 Å². The number of anilines is 1. The number of nitrogens with zero attached hydrogens (tertiary/aromatic N) is 2. The van der Waals surface area contributed by atoms with Gasteiger partial charge in [-0.25, -0.2) is 9.18 Å². The van der Waals surface area contributed by atoms with Gasteiger partial charge < -0.3 is 15.5 Å². The Balaban J connectivity index is 1.27. The summed E-state index contributed by atoms with van der Waals surface area (Å²) >= 11 is 0. The average Bonchev–Trinajstić information content (AvgIpc) is 3.47. The Hall–Kier alpha value is -3.68. The highest BCUT2D eigenvalue weighted by atomic mass is 19.1. The van der Waals surface area contributed by atoms with E-state index in [1.54, 1.807) is 48.3 Å². The quantitative estimate of drug-likeness (QED) is 0.495. The summed E-state index contributed by atoms with van der Waals surface area (Å²) in [6.07, 6.45) is 3.52. The molecule has 0 radical (unpaired) electrons. The summed E-state index contributed by atoms with van der Waals surface area (Å²) in [7, 11) is 1.76. The van der Waals surface area contributed by atoms with E-state index < -0.39 is 0 Å². The molecule has 1 saturated carbocycles. The fourth-order valence-corrected chi connectivity index (χ4v) is 3.40. The van der Waals surface area contributed by atoms with Gasteiger partial charge in [0, 0.05) is 42.1 Å². The summed E-state index contributed by atoms with van der Waals surface area (Å²) < 4.78 is 13.1. The lowest BCUT2D eigenvalue weighted by Gasteiger charge is -2.17. The molecule has 166 valence electrons. The fourth-order valence-electron chi connectivity index (χ4n) is 3.40. The van der Waals surface area contributed by atoms with Gasteiger partial charge in [-0.1, -0.05) is 6.07 Å². The zero-order valence-corrected chi connectivity index (χ0v) is 17.9. The topological polar surface area (TPSA) is 90.1 Å². The monoisotopic (exact) mass is 435 g/mol. The van der Waals surface area contributed by atoms with Crippen LogP contribution in [0.4, 0.5) is 14.9 Å². The Morgan fingerprint density at radius 3 is 2.69 bits per heavy atom. The van der Waals surface area contributed by atoms with Crippen LogP contribution >= 0.6 is 0 Å². The second-order valence-electron chi connectivity index (χ2n) is 8.07. The third-order valence-corrected chi connectivity index (χ3v) is 5.34. The normalized spacial score (nSPS) is 12.9. The second kappa shape index (κ2) is 9.64. The first-order valence-electron chi connectivity index (χ1n) is 10.7. The van der Waals surface area contributed by atoms with E-state index in [4.69, 9.17) is 0 Å². The molecule has 7 nitrogen and oxygen atoms in total. The SMILES string of the molecule is CN(CCCc1cc(-c2ccc(F)cc2)n[nH]1)C(=O)c1cccc(NC(=O)NC2CC2)c1. The number of aryl methyl sites for hydroxylation is 1. The number of nitrogens with one attached hydrogen (secondary N) is 3. The van der Waals surface area contributed by atoms with Crippen molar-refractivity contribution in [1.82, 2.24) is 20.4 Å². The van der Waals surface area contributed by atoms with Crippen LogP contribution in [-0.2, 0) is 6.42 Å². The third-order valence-electron chi connectivity index (χ3n) is 5.34. The summed E-state index contributed by atoms with van der Waals surface area (Å²) in [6, 6.07) is 15.1. The molecule has 2 aromatic carbocycles. The summed E-state index contributed by atoms with van der Waals surface area (Å²) in [5.74, 6) is -0.382. The zero-order chi connectivity index (χ0) is 22.5. The molecular weight excluding hydrogens is 409 g/mol. The van der Waals surface area contributed by atoms with E-state index in [1.807, 2.05) is 6.07 Å². The molecule has 1 aliphatic rings. The minimum atomic E-state index is -0.278. The lowest BCUT2D eigenvalue weighted by molar-refractivity contribution is 0.0793. The number of carbonyl (C=O) groups excluding carboxylic acids is 2. The van der Waals surface area contributed by atoms with Gasteiger partial charge in [-0.15, -0.1) is 0 Å². The van der Waals surface area contributed by atoms with Crippen LogP contribution in [-0.4, -0.2) is 46.7 Å². The molecule has 0 bridgehead atoms. The highest BCUT2D eigenvalue weighted by molar-refractivity contribution is 5.96. The molecule has 0 saturated heterocycles. The number of amides is 3. The van der Waals surface area contributed by atoms with Gasteiger partial charge >= 0.3 is 6.03 Å². The fraction of sp³-hybridized carbons (Fsp3) is 0.292.